The Labute approximate surface area is 206 Å². The Morgan fingerprint density at radius 3 is 2.43 bits per heavy atom. The average molecular weight is 472 g/mol. The predicted molar refractivity (Wildman–Crippen MR) is 135 cm³/mol. The smallest absolute Gasteiger partial charge is 0.246 e. The number of nitrogens with zero attached hydrogens (tertiary/aromatic N) is 2. The van der Waals surface area contributed by atoms with E-state index in [4.69, 9.17) is 4.74 Å². The Morgan fingerprint density at radius 1 is 0.914 bits per heavy atom. The first-order valence-corrected chi connectivity index (χ1v) is 13.0. The standard InChI is InChI=1S/C29H33N3O3/c1-35-25-16-10-8-14-21(25)28-27-22(20-13-7-9-15-23(20)30-27)17-24-29(34)31(18-26(33)32(24)28)19-11-5-3-2-4-6-12-19/h7-10,13-16,19,24,28,30H,2-6,11-12,17-18H2,1H3/t24-,28+/m0/s1. The van der Waals surface area contributed by atoms with Crippen molar-refractivity contribution < 1.29 is 14.3 Å². The highest BCUT2D eigenvalue weighted by Gasteiger charge is 2.49. The van der Waals surface area contributed by atoms with Gasteiger partial charge in [0.25, 0.3) is 0 Å². The molecule has 3 aliphatic rings. The van der Waals surface area contributed by atoms with Gasteiger partial charge in [-0.15, -0.1) is 0 Å². The van der Waals surface area contributed by atoms with Gasteiger partial charge in [0.2, 0.25) is 11.8 Å². The van der Waals surface area contributed by atoms with Crippen LogP contribution in [0.2, 0.25) is 0 Å². The lowest BCUT2D eigenvalue weighted by Gasteiger charge is -2.49. The lowest BCUT2D eigenvalue weighted by Crippen LogP contribution is -2.64. The largest absolute Gasteiger partial charge is 0.496 e. The summed E-state index contributed by atoms with van der Waals surface area (Å²) in [5, 5.41) is 1.13. The summed E-state index contributed by atoms with van der Waals surface area (Å²) in [6, 6.07) is 15.4. The van der Waals surface area contributed by atoms with Gasteiger partial charge in [-0.2, -0.15) is 0 Å². The third kappa shape index (κ3) is 3.70. The number of H-pyrrole nitrogens is 1. The molecule has 1 saturated heterocycles. The van der Waals surface area contributed by atoms with E-state index < -0.39 is 6.04 Å². The molecule has 1 aliphatic carbocycles. The van der Waals surface area contributed by atoms with E-state index in [1.165, 1.54) is 19.3 Å². The maximum atomic E-state index is 14.1. The summed E-state index contributed by atoms with van der Waals surface area (Å²) in [5.74, 6) is 0.855. The van der Waals surface area contributed by atoms with Crippen LogP contribution >= 0.6 is 0 Å². The Bertz CT molecular complexity index is 1260. The summed E-state index contributed by atoms with van der Waals surface area (Å²) in [5.41, 5.74) is 4.08. The summed E-state index contributed by atoms with van der Waals surface area (Å²) in [6.45, 7) is 0.168. The summed E-state index contributed by atoms with van der Waals surface area (Å²) in [6.07, 6.45) is 8.52. The molecule has 6 rings (SSSR count). The molecule has 2 aliphatic heterocycles. The van der Waals surface area contributed by atoms with Crippen LogP contribution in [0, 0.1) is 0 Å². The van der Waals surface area contributed by atoms with Crippen LogP contribution in [0.3, 0.4) is 0 Å². The van der Waals surface area contributed by atoms with Crippen molar-refractivity contribution in [1.29, 1.82) is 0 Å². The van der Waals surface area contributed by atoms with E-state index in [9.17, 15) is 9.59 Å². The van der Waals surface area contributed by atoms with Gasteiger partial charge in [0.05, 0.1) is 7.11 Å². The predicted octanol–water partition coefficient (Wildman–Crippen LogP) is 4.97. The van der Waals surface area contributed by atoms with E-state index in [2.05, 4.69) is 17.1 Å². The number of carbonyl (C=O) groups excluding carboxylic acids is 2. The van der Waals surface area contributed by atoms with Crippen molar-refractivity contribution in [3.8, 4) is 5.75 Å². The molecule has 0 unspecified atom stereocenters. The van der Waals surface area contributed by atoms with Crippen LogP contribution in [0.5, 0.6) is 5.75 Å². The molecular formula is C29H33N3O3. The fourth-order valence-electron chi connectivity index (χ4n) is 6.56. The molecule has 3 aromatic rings. The average Bonchev–Trinajstić information content (AvgIpc) is 3.23. The summed E-state index contributed by atoms with van der Waals surface area (Å²) in [4.78, 5) is 35.3. The second-order valence-corrected chi connectivity index (χ2v) is 10.2. The number of amides is 2. The minimum Gasteiger partial charge on any atom is -0.496 e. The molecular weight excluding hydrogens is 438 g/mol. The van der Waals surface area contributed by atoms with Gasteiger partial charge in [0.15, 0.2) is 0 Å². The van der Waals surface area contributed by atoms with E-state index in [0.717, 1.165) is 59.2 Å². The van der Waals surface area contributed by atoms with Gasteiger partial charge in [-0.25, -0.2) is 0 Å². The number of aromatic amines is 1. The second-order valence-electron chi connectivity index (χ2n) is 10.2. The fraction of sp³-hybridized carbons (Fsp3) is 0.448. The third-order valence-electron chi connectivity index (χ3n) is 8.24. The Balaban J connectivity index is 1.46. The zero-order valence-corrected chi connectivity index (χ0v) is 20.3. The Morgan fingerprint density at radius 2 is 1.63 bits per heavy atom. The van der Waals surface area contributed by atoms with Crippen molar-refractivity contribution >= 4 is 22.7 Å². The molecule has 1 N–H and O–H groups in total. The van der Waals surface area contributed by atoms with Crippen LogP contribution in [0.25, 0.3) is 10.9 Å². The first kappa shape index (κ1) is 22.2. The molecule has 0 spiro atoms. The molecule has 2 fully saturated rings. The molecule has 182 valence electrons. The lowest BCUT2D eigenvalue weighted by molar-refractivity contribution is -0.161. The third-order valence-corrected chi connectivity index (χ3v) is 8.24. The van der Waals surface area contributed by atoms with E-state index in [1.54, 1.807) is 7.11 Å². The molecule has 2 atom stereocenters. The molecule has 0 radical (unpaired) electrons. The van der Waals surface area contributed by atoms with Crippen LogP contribution in [0.4, 0.5) is 0 Å². The fourth-order valence-corrected chi connectivity index (χ4v) is 6.56. The van der Waals surface area contributed by atoms with Crippen molar-refractivity contribution in [2.24, 2.45) is 0 Å². The van der Waals surface area contributed by atoms with Crippen molar-refractivity contribution in [2.45, 2.75) is 69.5 Å². The zero-order valence-electron chi connectivity index (χ0n) is 20.3. The van der Waals surface area contributed by atoms with Crippen molar-refractivity contribution in [2.75, 3.05) is 13.7 Å². The first-order valence-electron chi connectivity index (χ1n) is 13.0. The Hall–Kier alpha value is -3.28. The Kier molecular flexibility index (Phi) is 5.75. The minimum atomic E-state index is -0.497. The minimum absolute atomic E-state index is 0.0249. The van der Waals surface area contributed by atoms with Crippen LogP contribution in [-0.2, 0) is 16.0 Å². The van der Waals surface area contributed by atoms with E-state index in [1.807, 2.05) is 46.2 Å². The highest BCUT2D eigenvalue weighted by atomic mass is 16.5. The zero-order chi connectivity index (χ0) is 23.9. The molecule has 2 aromatic carbocycles. The van der Waals surface area contributed by atoms with Gasteiger partial charge >= 0.3 is 0 Å². The first-order chi connectivity index (χ1) is 17.2. The normalized spacial score (nSPS) is 23.6. The summed E-state index contributed by atoms with van der Waals surface area (Å²) < 4.78 is 5.72. The van der Waals surface area contributed by atoms with Crippen LogP contribution in [0.1, 0.15) is 67.8 Å². The second kappa shape index (κ2) is 9.06. The molecule has 1 aromatic heterocycles. The van der Waals surface area contributed by atoms with Crippen molar-refractivity contribution in [3.63, 3.8) is 0 Å². The molecule has 2 amide bonds. The molecule has 6 heteroatoms. The van der Waals surface area contributed by atoms with Crippen molar-refractivity contribution in [1.82, 2.24) is 14.8 Å². The number of carbonyl (C=O) groups is 2. The highest BCUT2D eigenvalue weighted by molar-refractivity contribution is 5.98. The van der Waals surface area contributed by atoms with E-state index in [0.29, 0.717) is 6.42 Å². The number of ether oxygens (including phenoxy) is 1. The van der Waals surface area contributed by atoms with E-state index >= 15 is 0 Å². The highest BCUT2D eigenvalue weighted by Crippen LogP contribution is 2.45. The maximum Gasteiger partial charge on any atom is 0.246 e. The number of para-hydroxylation sites is 2. The molecule has 1 saturated carbocycles. The number of hydrogen-bond donors (Lipinski definition) is 1. The number of nitrogens with one attached hydrogen (secondary N) is 1. The molecule has 0 bridgehead atoms. The van der Waals surface area contributed by atoms with E-state index in [-0.39, 0.29) is 30.4 Å². The quantitative estimate of drug-likeness (QED) is 0.586. The monoisotopic (exact) mass is 471 g/mol. The molecule has 35 heavy (non-hydrogen) atoms. The van der Waals surface area contributed by atoms with Crippen LogP contribution in [-0.4, -0.2) is 52.3 Å². The summed E-state index contributed by atoms with van der Waals surface area (Å²) >= 11 is 0. The van der Waals surface area contributed by atoms with Crippen LogP contribution in [0.15, 0.2) is 48.5 Å². The molecule has 6 nitrogen and oxygen atoms in total. The van der Waals surface area contributed by atoms with Gasteiger partial charge in [0.1, 0.15) is 24.4 Å². The van der Waals surface area contributed by atoms with Gasteiger partial charge < -0.3 is 19.5 Å². The number of aromatic nitrogens is 1. The SMILES string of the molecule is COc1ccccc1[C@@H]1c2[nH]c3ccccc3c2C[C@H]2C(=O)N(C3CCCCCCC3)CC(=O)N12. The maximum absolute atomic E-state index is 14.1. The number of methoxy groups -OCH3 is 1. The number of hydrogen-bond acceptors (Lipinski definition) is 3. The number of benzene rings is 2. The summed E-state index contributed by atoms with van der Waals surface area (Å²) in [7, 11) is 1.66. The number of piperazine rings is 1. The van der Waals surface area contributed by atoms with Gasteiger partial charge in [-0.05, 0) is 30.5 Å². The lowest BCUT2D eigenvalue weighted by atomic mass is 9.85. The van der Waals surface area contributed by atoms with Gasteiger partial charge in [-0.1, -0.05) is 68.5 Å². The number of fused-ring (bicyclic) bond motifs is 4. The van der Waals surface area contributed by atoms with Crippen molar-refractivity contribution in [3.05, 3.63) is 65.4 Å². The van der Waals surface area contributed by atoms with Gasteiger partial charge in [0, 0.05) is 34.6 Å². The molecule has 3 heterocycles. The van der Waals surface area contributed by atoms with Crippen LogP contribution < -0.4 is 4.74 Å². The topological polar surface area (TPSA) is 65.6 Å². The van der Waals surface area contributed by atoms with Gasteiger partial charge in [-0.3, -0.25) is 9.59 Å². The number of rotatable bonds is 3.